The summed E-state index contributed by atoms with van der Waals surface area (Å²) in [6.07, 6.45) is -2.18. The second-order valence-corrected chi connectivity index (χ2v) is 6.18. The Bertz CT molecular complexity index is 373. The van der Waals surface area contributed by atoms with Gasteiger partial charge >= 0.3 is 11.4 Å². The number of halogens is 5. The van der Waals surface area contributed by atoms with E-state index in [0.717, 1.165) is 19.3 Å². The van der Waals surface area contributed by atoms with E-state index in [2.05, 4.69) is 0 Å². The molecule has 1 saturated carbocycles. The van der Waals surface area contributed by atoms with Crippen molar-refractivity contribution >= 4 is 10.0 Å². The summed E-state index contributed by atoms with van der Waals surface area (Å²) in [6, 6.07) is 0. The molecule has 0 aromatic heterocycles. The predicted octanol–water partition coefficient (Wildman–Crippen LogP) is 2.64. The van der Waals surface area contributed by atoms with Crippen molar-refractivity contribution in [3.8, 4) is 0 Å². The van der Waals surface area contributed by atoms with Crippen molar-refractivity contribution < 1.29 is 30.4 Å². The lowest BCUT2D eigenvalue weighted by molar-refractivity contribution is -0.241. The molecule has 0 heterocycles. The molecule has 1 rings (SSSR count). The van der Waals surface area contributed by atoms with Gasteiger partial charge in [-0.15, -0.1) is 0 Å². The van der Waals surface area contributed by atoms with Crippen LogP contribution < -0.4 is 4.72 Å². The molecule has 1 N–H and O–H groups in total. The van der Waals surface area contributed by atoms with E-state index in [4.69, 9.17) is 0 Å². The van der Waals surface area contributed by atoms with Crippen molar-refractivity contribution in [1.82, 2.24) is 4.72 Å². The molecule has 0 aromatic rings. The summed E-state index contributed by atoms with van der Waals surface area (Å²) in [5, 5.41) is -5.76. The highest BCUT2D eigenvalue weighted by atomic mass is 32.2. The Hall–Kier alpha value is -0.440. The molecule has 0 unspecified atom stereocenters. The largest absolute Gasteiger partial charge is 0.470 e. The second kappa shape index (κ2) is 5.28. The molecule has 9 heteroatoms. The molecule has 0 spiro atoms. The van der Waals surface area contributed by atoms with Gasteiger partial charge in [-0.2, -0.15) is 22.0 Å². The van der Waals surface area contributed by atoms with Gasteiger partial charge in [-0.05, 0) is 18.8 Å². The van der Waals surface area contributed by atoms with Crippen LogP contribution >= 0.6 is 0 Å². The third-order valence-electron chi connectivity index (χ3n) is 2.95. The first kappa shape index (κ1) is 15.6. The van der Waals surface area contributed by atoms with Crippen LogP contribution in [0.15, 0.2) is 0 Å². The Morgan fingerprint density at radius 3 is 1.94 bits per heavy atom. The van der Waals surface area contributed by atoms with Crippen LogP contribution in [0.2, 0.25) is 0 Å². The Labute approximate surface area is 102 Å². The lowest BCUT2D eigenvalue weighted by Gasteiger charge is -2.24. The summed E-state index contributed by atoms with van der Waals surface area (Å²) in [5.41, 5.74) is 0. The van der Waals surface area contributed by atoms with Crippen molar-refractivity contribution in [2.45, 2.75) is 43.5 Å². The molecule has 0 aromatic carbocycles. The summed E-state index contributed by atoms with van der Waals surface area (Å²) < 4.78 is 84.4. The molecule has 0 amide bonds. The molecule has 1 fully saturated rings. The minimum Gasteiger partial charge on any atom is -0.209 e. The molecule has 0 radical (unpaired) electrons. The maximum absolute atomic E-state index is 12.7. The van der Waals surface area contributed by atoms with E-state index in [1.165, 1.54) is 4.72 Å². The fourth-order valence-electron chi connectivity index (χ4n) is 1.86. The number of hydrogen-bond donors (Lipinski definition) is 1. The number of alkyl halides is 5. The molecule has 0 aliphatic heterocycles. The highest BCUT2D eigenvalue weighted by Crippen LogP contribution is 2.39. The maximum atomic E-state index is 12.7. The van der Waals surface area contributed by atoms with Crippen LogP contribution in [0.5, 0.6) is 0 Å². The quantitative estimate of drug-likeness (QED) is 0.810. The van der Waals surface area contributed by atoms with Gasteiger partial charge in [0.05, 0.1) is 0 Å². The van der Waals surface area contributed by atoms with Gasteiger partial charge in [-0.3, -0.25) is 0 Å². The average molecular weight is 295 g/mol. The molecule has 1 aliphatic carbocycles. The van der Waals surface area contributed by atoms with Gasteiger partial charge in [-0.25, -0.2) is 13.1 Å². The van der Waals surface area contributed by atoms with E-state index in [9.17, 15) is 30.4 Å². The normalized spacial score (nSPS) is 20.1. The summed E-state index contributed by atoms with van der Waals surface area (Å²) in [6.45, 7) is -0.367. The van der Waals surface area contributed by atoms with Crippen molar-refractivity contribution in [3.05, 3.63) is 0 Å². The third-order valence-corrected chi connectivity index (χ3v) is 4.41. The Kier molecular flexibility index (Phi) is 4.58. The lowest BCUT2D eigenvalue weighted by atomic mass is 9.90. The topological polar surface area (TPSA) is 46.2 Å². The minimum absolute atomic E-state index is 0.169. The van der Waals surface area contributed by atoms with Gasteiger partial charge in [0.15, 0.2) is 0 Å². The molecule has 18 heavy (non-hydrogen) atoms. The molecular weight excluding hydrogens is 281 g/mol. The van der Waals surface area contributed by atoms with E-state index in [0.29, 0.717) is 12.8 Å². The number of hydrogen-bond acceptors (Lipinski definition) is 2. The van der Waals surface area contributed by atoms with Gasteiger partial charge in [0.1, 0.15) is 0 Å². The minimum atomic E-state index is -6.11. The van der Waals surface area contributed by atoms with Crippen LogP contribution in [0.1, 0.15) is 32.1 Å². The van der Waals surface area contributed by atoms with E-state index in [1.807, 2.05) is 0 Å². The van der Waals surface area contributed by atoms with Crippen molar-refractivity contribution in [2.24, 2.45) is 5.92 Å². The maximum Gasteiger partial charge on any atom is 0.470 e. The Morgan fingerprint density at radius 2 is 1.50 bits per heavy atom. The Balaban J connectivity index is 2.64. The Morgan fingerprint density at radius 1 is 1.00 bits per heavy atom. The first-order chi connectivity index (χ1) is 8.08. The molecule has 0 bridgehead atoms. The van der Waals surface area contributed by atoms with Gasteiger partial charge in [0.2, 0.25) is 0 Å². The van der Waals surface area contributed by atoms with E-state index in [-0.39, 0.29) is 12.5 Å². The SMILES string of the molecule is O=S(=O)(NCC1CCCCC1)C(F)(F)C(F)(F)F. The van der Waals surface area contributed by atoms with Gasteiger partial charge in [0.25, 0.3) is 10.0 Å². The molecule has 0 atom stereocenters. The van der Waals surface area contributed by atoms with Gasteiger partial charge in [0, 0.05) is 6.54 Å². The molecule has 1 aliphatic rings. The number of rotatable bonds is 4. The van der Waals surface area contributed by atoms with Gasteiger partial charge < -0.3 is 0 Å². The van der Waals surface area contributed by atoms with Crippen molar-refractivity contribution in [3.63, 3.8) is 0 Å². The zero-order chi connectivity index (χ0) is 14.0. The van der Waals surface area contributed by atoms with Gasteiger partial charge in [-0.1, -0.05) is 19.3 Å². The van der Waals surface area contributed by atoms with Crippen LogP contribution in [-0.2, 0) is 10.0 Å². The third kappa shape index (κ3) is 3.31. The highest BCUT2D eigenvalue weighted by Gasteiger charge is 2.67. The monoisotopic (exact) mass is 295 g/mol. The van der Waals surface area contributed by atoms with Crippen LogP contribution in [-0.4, -0.2) is 26.4 Å². The van der Waals surface area contributed by atoms with Crippen LogP contribution in [0, 0.1) is 5.92 Å². The van der Waals surface area contributed by atoms with E-state index >= 15 is 0 Å². The smallest absolute Gasteiger partial charge is 0.209 e. The number of sulfonamides is 1. The van der Waals surface area contributed by atoms with Crippen LogP contribution in [0.3, 0.4) is 0 Å². The van der Waals surface area contributed by atoms with Crippen LogP contribution in [0.4, 0.5) is 22.0 Å². The highest BCUT2D eigenvalue weighted by molar-refractivity contribution is 7.90. The molecule has 108 valence electrons. The predicted molar refractivity (Wildman–Crippen MR) is 54.5 cm³/mol. The van der Waals surface area contributed by atoms with E-state index in [1.54, 1.807) is 0 Å². The van der Waals surface area contributed by atoms with Crippen molar-refractivity contribution in [2.75, 3.05) is 6.54 Å². The zero-order valence-electron chi connectivity index (χ0n) is 9.43. The first-order valence-electron chi connectivity index (χ1n) is 5.51. The fraction of sp³-hybridized carbons (Fsp3) is 1.00. The summed E-state index contributed by atoms with van der Waals surface area (Å²) in [5.74, 6) is -0.169. The molecular formula is C9H14F5NO2S. The second-order valence-electron chi connectivity index (χ2n) is 4.37. The van der Waals surface area contributed by atoms with Crippen LogP contribution in [0.25, 0.3) is 0 Å². The van der Waals surface area contributed by atoms with Crippen molar-refractivity contribution in [1.29, 1.82) is 0 Å². The number of nitrogens with one attached hydrogen (secondary N) is 1. The van der Waals surface area contributed by atoms with E-state index < -0.39 is 21.5 Å². The molecule has 3 nitrogen and oxygen atoms in total. The fourth-order valence-corrected chi connectivity index (χ4v) is 2.80. The standard InChI is InChI=1S/C9H14F5NO2S/c10-8(11,12)9(13,14)18(16,17)15-6-7-4-2-1-3-5-7/h7,15H,1-6H2. The lowest BCUT2D eigenvalue weighted by Crippen LogP contribution is -2.50. The molecule has 0 saturated heterocycles. The zero-order valence-corrected chi connectivity index (χ0v) is 10.3. The summed E-state index contributed by atoms with van der Waals surface area (Å²) in [7, 11) is -5.73. The first-order valence-corrected chi connectivity index (χ1v) is 7.00. The summed E-state index contributed by atoms with van der Waals surface area (Å²) >= 11 is 0. The average Bonchev–Trinajstić information content (AvgIpc) is 2.26. The summed E-state index contributed by atoms with van der Waals surface area (Å²) in [4.78, 5) is 0.